The number of carbonyl (C=O) groups excluding carboxylic acids is 1. The Morgan fingerprint density at radius 2 is 2.11 bits per heavy atom. The molecule has 8 heteroatoms. The maximum Gasteiger partial charge on any atom is 0.253 e. The van der Waals surface area contributed by atoms with Gasteiger partial charge >= 0.3 is 0 Å². The van der Waals surface area contributed by atoms with Crippen molar-refractivity contribution in [3.63, 3.8) is 0 Å². The van der Waals surface area contributed by atoms with Crippen molar-refractivity contribution in [3.05, 3.63) is 53.1 Å². The SMILES string of the molecule is CCC(C)(C)NC(=O)c1ccc(NCc2nc(-c3ccco3)no2)cc1Cl. The zero-order valence-electron chi connectivity index (χ0n) is 15.4. The number of aromatic nitrogens is 2. The molecular weight excluding hydrogens is 368 g/mol. The molecule has 2 N–H and O–H groups in total. The maximum absolute atomic E-state index is 12.4. The first-order chi connectivity index (χ1) is 12.9. The van der Waals surface area contributed by atoms with Gasteiger partial charge < -0.3 is 19.6 Å². The van der Waals surface area contributed by atoms with E-state index in [1.54, 1.807) is 36.6 Å². The second-order valence-corrected chi connectivity index (χ2v) is 7.14. The second kappa shape index (κ2) is 7.84. The van der Waals surface area contributed by atoms with Gasteiger partial charge in [-0.1, -0.05) is 23.7 Å². The Balaban J connectivity index is 1.63. The molecule has 0 radical (unpaired) electrons. The molecule has 0 saturated carbocycles. The molecule has 3 aromatic rings. The molecule has 0 unspecified atom stereocenters. The van der Waals surface area contributed by atoms with Gasteiger partial charge in [0, 0.05) is 11.2 Å². The Morgan fingerprint density at radius 1 is 1.30 bits per heavy atom. The van der Waals surface area contributed by atoms with Crippen LogP contribution in [0.2, 0.25) is 5.02 Å². The summed E-state index contributed by atoms with van der Waals surface area (Å²) in [5.74, 6) is 1.14. The highest BCUT2D eigenvalue weighted by molar-refractivity contribution is 6.34. The van der Waals surface area contributed by atoms with E-state index in [9.17, 15) is 4.79 Å². The predicted octanol–water partition coefficient (Wildman–Crippen LogP) is 4.51. The number of rotatable bonds is 7. The van der Waals surface area contributed by atoms with Crippen LogP contribution in [0.1, 0.15) is 43.4 Å². The number of carbonyl (C=O) groups is 1. The number of amides is 1. The van der Waals surface area contributed by atoms with Gasteiger partial charge in [-0.15, -0.1) is 0 Å². The van der Waals surface area contributed by atoms with Crippen molar-refractivity contribution < 1.29 is 13.7 Å². The predicted molar refractivity (Wildman–Crippen MR) is 103 cm³/mol. The van der Waals surface area contributed by atoms with Crippen molar-refractivity contribution in [1.82, 2.24) is 15.5 Å². The van der Waals surface area contributed by atoms with E-state index in [4.69, 9.17) is 20.5 Å². The summed E-state index contributed by atoms with van der Waals surface area (Å²) in [7, 11) is 0. The molecule has 0 saturated heterocycles. The lowest BCUT2D eigenvalue weighted by Gasteiger charge is -2.24. The molecule has 3 rings (SSSR count). The van der Waals surface area contributed by atoms with Gasteiger partial charge in [0.15, 0.2) is 5.76 Å². The van der Waals surface area contributed by atoms with Gasteiger partial charge in [-0.05, 0) is 50.6 Å². The van der Waals surface area contributed by atoms with Gasteiger partial charge in [-0.25, -0.2) is 0 Å². The number of benzene rings is 1. The third-order valence-corrected chi connectivity index (χ3v) is 4.52. The van der Waals surface area contributed by atoms with Gasteiger partial charge in [0.25, 0.3) is 5.91 Å². The monoisotopic (exact) mass is 388 g/mol. The third kappa shape index (κ3) is 4.68. The highest BCUT2D eigenvalue weighted by Crippen LogP contribution is 2.23. The summed E-state index contributed by atoms with van der Waals surface area (Å²) in [6.07, 6.45) is 2.37. The summed E-state index contributed by atoms with van der Waals surface area (Å²) in [4.78, 5) is 16.6. The molecule has 1 aromatic carbocycles. The zero-order valence-corrected chi connectivity index (χ0v) is 16.1. The van der Waals surface area contributed by atoms with Crippen LogP contribution in [0, 0.1) is 0 Å². The summed E-state index contributed by atoms with van der Waals surface area (Å²) in [5.41, 5.74) is 0.881. The van der Waals surface area contributed by atoms with E-state index in [1.165, 1.54) is 0 Å². The minimum atomic E-state index is -0.291. The van der Waals surface area contributed by atoms with Gasteiger partial charge in [-0.2, -0.15) is 4.98 Å². The van der Waals surface area contributed by atoms with Crippen molar-refractivity contribution >= 4 is 23.2 Å². The summed E-state index contributed by atoms with van der Waals surface area (Å²) in [6.45, 7) is 6.27. The van der Waals surface area contributed by atoms with Gasteiger partial charge in [0.2, 0.25) is 11.7 Å². The maximum atomic E-state index is 12.4. The molecule has 1 amide bonds. The van der Waals surface area contributed by atoms with E-state index in [-0.39, 0.29) is 11.4 Å². The molecule has 0 aliphatic carbocycles. The lowest BCUT2D eigenvalue weighted by atomic mass is 10.0. The second-order valence-electron chi connectivity index (χ2n) is 6.73. The van der Waals surface area contributed by atoms with Gasteiger partial charge in [-0.3, -0.25) is 4.79 Å². The Labute approximate surface area is 162 Å². The smallest absolute Gasteiger partial charge is 0.253 e. The normalized spacial score (nSPS) is 11.4. The molecule has 2 heterocycles. The number of nitrogens with zero attached hydrogens (tertiary/aromatic N) is 2. The zero-order chi connectivity index (χ0) is 19.4. The minimum Gasteiger partial charge on any atom is -0.461 e. The number of nitrogens with one attached hydrogen (secondary N) is 2. The quantitative estimate of drug-likeness (QED) is 0.618. The molecule has 0 aliphatic heterocycles. The van der Waals surface area contributed by atoms with E-state index < -0.39 is 0 Å². The number of hydrogen-bond acceptors (Lipinski definition) is 6. The van der Waals surface area contributed by atoms with Crippen molar-refractivity contribution in [1.29, 1.82) is 0 Å². The highest BCUT2D eigenvalue weighted by Gasteiger charge is 2.20. The Morgan fingerprint density at radius 3 is 2.78 bits per heavy atom. The lowest BCUT2D eigenvalue weighted by molar-refractivity contribution is 0.0911. The van der Waals surface area contributed by atoms with Crippen molar-refractivity contribution in [2.45, 2.75) is 39.3 Å². The lowest BCUT2D eigenvalue weighted by Crippen LogP contribution is -2.42. The van der Waals surface area contributed by atoms with E-state index >= 15 is 0 Å². The Hall–Kier alpha value is -2.80. The van der Waals surface area contributed by atoms with Crippen LogP contribution in [-0.4, -0.2) is 21.6 Å². The molecule has 7 nitrogen and oxygen atoms in total. The molecule has 0 bridgehead atoms. The van der Waals surface area contributed by atoms with Crippen LogP contribution in [0.15, 0.2) is 45.5 Å². The standard InChI is InChI=1S/C19H21ClN4O3/c1-4-19(2,3)23-18(25)13-8-7-12(10-14(13)20)21-11-16-22-17(24-27-16)15-6-5-9-26-15/h5-10,21H,4,11H2,1-3H3,(H,23,25). The van der Waals surface area contributed by atoms with Gasteiger partial charge in [0.1, 0.15) is 0 Å². The molecule has 142 valence electrons. The average molecular weight is 389 g/mol. The van der Waals surface area contributed by atoms with Crippen LogP contribution in [0.5, 0.6) is 0 Å². The summed E-state index contributed by atoms with van der Waals surface area (Å²) >= 11 is 6.29. The van der Waals surface area contributed by atoms with Crippen LogP contribution in [0.25, 0.3) is 11.6 Å². The van der Waals surface area contributed by atoms with Crippen molar-refractivity contribution in [2.75, 3.05) is 5.32 Å². The van der Waals surface area contributed by atoms with E-state index in [1.807, 2.05) is 20.8 Å². The number of anilines is 1. The first-order valence-corrected chi connectivity index (χ1v) is 8.98. The topological polar surface area (TPSA) is 93.2 Å². The van der Waals surface area contributed by atoms with E-state index in [2.05, 4.69) is 20.8 Å². The fourth-order valence-electron chi connectivity index (χ4n) is 2.28. The largest absolute Gasteiger partial charge is 0.461 e. The molecule has 0 aliphatic rings. The number of halogens is 1. The summed E-state index contributed by atoms with van der Waals surface area (Å²) < 4.78 is 10.4. The molecule has 0 spiro atoms. The molecule has 2 aromatic heterocycles. The van der Waals surface area contributed by atoms with E-state index in [0.717, 1.165) is 12.1 Å². The molecule has 0 atom stereocenters. The van der Waals surface area contributed by atoms with Crippen molar-refractivity contribution in [2.24, 2.45) is 0 Å². The fraction of sp³-hybridized carbons (Fsp3) is 0.316. The minimum absolute atomic E-state index is 0.196. The Kier molecular flexibility index (Phi) is 5.51. The number of hydrogen-bond donors (Lipinski definition) is 2. The van der Waals surface area contributed by atoms with Crippen molar-refractivity contribution in [3.8, 4) is 11.6 Å². The number of furan rings is 1. The molecular formula is C19H21ClN4O3. The van der Waals surface area contributed by atoms with Gasteiger partial charge in [0.05, 0.1) is 23.4 Å². The average Bonchev–Trinajstić information content (AvgIpc) is 3.31. The highest BCUT2D eigenvalue weighted by atomic mass is 35.5. The Bertz CT molecular complexity index is 919. The van der Waals surface area contributed by atoms with Crippen LogP contribution in [0.4, 0.5) is 5.69 Å². The van der Waals surface area contributed by atoms with E-state index in [0.29, 0.717) is 34.6 Å². The molecule has 27 heavy (non-hydrogen) atoms. The van der Waals surface area contributed by atoms with Crippen LogP contribution in [-0.2, 0) is 6.54 Å². The molecule has 0 fully saturated rings. The fourth-order valence-corrected chi connectivity index (χ4v) is 2.55. The van der Waals surface area contributed by atoms with Crippen LogP contribution >= 0.6 is 11.6 Å². The summed E-state index contributed by atoms with van der Waals surface area (Å²) in [5, 5.41) is 10.3. The summed E-state index contributed by atoms with van der Waals surface area (Å²) in [6, 6.07) is 8.67. The first kappa shape index (κ1) is 19.0. The third-order valence-electron chi connectivity index (χ3n) is 4.20. The van der Waals surface area contributed by atoms with Crippen LogP contribution < -0.4 is 10.6 Å². The van der Waals surface area contributed by atoms with Crippen LogP contribution in [0.3, 0.4) is 0 Å². The first-order valence-electron chi connectivity index (χ1n) is 8.60.